The first kappa shape index (κ1) is 19.1. The molecule has 1 aliphatic heterocycles. The summed E-state index contributed by atoms with van der Waals surface area (Å²) < 4.78 is 11.0. The van der Waals surface area contributed by atoms with Crippen molar-refractivity contribution in [2.24, 2.45) is 0 Å². The summed E-state index contributed by atoms with van der Waals surface area (Å²) in [6.07, 6.45) is -0.328. The number of benzene rings is 1. The molecule has 1 saturated heterocycles. The average molecular weight is 348 g/mol. The Hall–Kier alpha value is -2.24. The van der Waals surface area contributed by atoms with Crippen LogP contribution in [0.1, 0.15) is 31.9 Å². The standard InChI is InChI=1S/C19H28N2O4/c1-14-7-6-8-16(15(14)2)24-13-17(22)20-9-11-21(12-10-20)18(23)25-19(3,4)5/h6-8H,9-13H2,1-5H3. The highest BCUT2D eigenvalue weighted by Crippen LogP contribution is 2.20. The summed E-state index contributed by atoms with van der Waals surface area (Å²) >= 11 is 0. The predicted molar refractivity (Wildman–Crippen MR) is 95.8 cm³/mol. The molecule has 0 bridgehead atoms. The average Bonchev–Trinajstić information content (AvgIpc) is 2.54. The Morgan fingerprint density at radius 1 is 1.04 bits per heavy atom. The molecule has 0 aromatic heterocycles. The third-order valence-electron chi connectivity index (χ3n) is 4.19. The van der Waals surface area contributed by atoms with E-state index in [1.54, 1.807) is 9.80 Å². The summed E-state index contributed by atoms with van der Waals surface area (Å²) in [6, 6.07) is 5.80. The molecular formula is C19H28N2O4. The highest BCUT2D eigenvalue weighted by molar-refractivity contribution is 5.78. The molecule has 25 heavy (non-hydrogen) atoms. The van der Waals surface area contributed by atoms with Gasteiger partial charge in [-0.25, -0.2) is 4.79 Å². The molecule has 138 valence electrons. The Kier molecular flexibility index (Phi) is 5.93. The van der Waals surface area contributed by atoms with Crippen LogP contribution in [0.15, 0.2) is 18.2 Å². The van der Waals surface area contributed by atoms with Gasteiger partial charge in [-0.1, -0.05) is 12.1 Å². The molecule has 1 heterocycles. The van der Waals surface area contributed by atoms with Crippen molar-refractivity contribution in [2.75, 3.05) is 32.8 Å². The van der Waals surface area contributed by atoms with Gasteiger partial charge in [-0.15, -0.1) is 0 Å². The van der Waals surface area contributed by atoms with Gasteiger partial charge >= 0.3 is 6.09 Å². The van der Waals surface area contributed by atoms with E-state index in [2.05, 4.69) is 0 Å². The van der Waals surface area contributed by atoms with Gasteiger partial charge < -0.3 is 19.3 Å². The Morgan fingerprint density at radius 3 is 2.24 bits per heavy atom. The zero-order chi connectivity index (χ0) is 18.6. The van der Waals surface area contributed by atoms with E-state index in [1.807, 2.05) is 52.8 Å². The molecule has 6 heteroatoms. The number of piperazine rings is 1. The normalized spacial score (nSPS) is 15.1. The molecule has 6 nitrogen and oxygen atoms in total. The second-order valence-electron chi connectivity index (χ2n) is 7.33. The quantitative estimate of drug-likeness (QED) is 0.843. The third kappa shape index (κ3) is 5.37. The van der Waals surface area contributed by atoms with Crippen LogP contribution < -0.4 is 4.74 Å². The maximum Gasteiger partial charge on any atom is 0.410 e. The first-order valence-corrected chi connectivity index (χ1v) is 8.62. The summed E-state index contributed by atoms with van der Waals surface area (Å²) in [4.78, 5) is 27.8. The SMILES string of the molecule is Cc1cccc(OCC(=O)N2CCN(C(=O)OC(C)(C)C)CC2)c1C. The number of aryl methyl sites for hydroxylation is 1. The summed E-state index contributed by atoms with van der Waals surface area (Å²) in [5, 5.41) is 0. The Balaban J connectivity index is 1.81. The van der Waals surface area contributed by atoms with Crippen LogP contribution in [0.4, 0.5) is 4.79 Å². The maximum atomic E-state index is 12.3. The van der Waals surface area contributed by atoms with E-state index in [0.717, 1.165) is 16.9 Å². The van der Waals surface area contributed by atoms with Gasteiger partial charge in [0.25, 0.3) is 5.91 Å². The van der Waals surface area contributed by atoms with Crippen molar-refractivity contribution in [3.63, 3.8) is 0 Å². The van der Waals surface area contributed by atoms with Gasteiger partial charge in [0.1, 0.15) is 11.4 Å². The van der Waals surface area contributed by atoms with Crippen LogP contribution in [-0.4, -0.2) is 60.2 Å². The van der Waals surface area contributed by atoms with Crippen LogP contribution in [0, 0.1) is 13.8 Å². The Bertz CT molecular complexity index is 629. The lowest BCUT2D eigenvalue weighted by atomic mass is 10.1. The minimum absolute atomic E-state index is 0.0106. The zero-order valence-corrected chi connectivity index (χ0v) is 15.8. The van der Waals surface area contributed by atoms with Crippen molar-refractivity contribution in [1.82, 2.24) is 9.80 Å². The first-order valence-electron chi connectivity index (χ1n) is 8.62. The lowest BCUT2D eigenvalue weighted by molar-refractivity contribution is -0.135. The van der Waals surface area contributed by atoms with E-state index < -0.39 is 5.60 Å². The van der Waals surface area contributed by atoms with Crippen molar-refractivity contribution in [3.05, 3.63) is 29.3 Å². The van der Waals surface area contributed by atoms with E-state index in [-0.39, 0.29) is 18.6 Å². The summed E-state index contributed by atoms with van der Waals surface area (Å²) in [5.41, 5.74) is 1.67. The van der Waals surface area contributed by atoms with Gasteiger partial charge in [0.2, 0.25) is 0 Å². The van der Waals surface area contributed by atoms with Crippen LogP contribution in [-0.2, 0) is 9.53 Å². The number of hydrogen-bond donors (Lipinski definition) is 0. The van der Waals surface area contributed by atoms with Gasteiger partial charge in [-0.2, -0.15) is 0 Å². The molecule has 0 spiro atoms. The molecule has 0 atom stereocenters. The number of hydrogen-bond acceptors (Lipinski definition) is 4. The lowest BCUT2D eigenvalue weighted by Gasteiger charge is -2.35. The minimum Gasteiger partial charge on any atom is -0.483 e. The molecule has 2 rings (SSSR count). The van der Waals surface area contributed by atoms with E-state index in [4.69, 9.17) is 9.47 Å². The summed E-state index contributed by atoms with van der Waals surface area (Å²) in [6.45, 7) is 11.5. The van der Waals surface area contributed by atoms with Crippen molar-refractivity contribution in [2.45, 2.75) is 40.2 Å². The van der Waals surface area contributed by atoms with Gasteiger partial charge in [-0.3, -0.25) is 4.79 Å². The molecule has 1 aromatic carbocycles. The molecule has 1 aromatic rings. The van der Waals surface area contributed by atoms with Crippen LogP contribution in [0.2, 0.25) is 0 Å². The minimum atomic E-state index is -0.510. The molecule has 0 unspecified atom stereocenters. The van der Waals surface area contributed by atoms with Crippen molar-refractivity contribution in [1.29, 1.82) is 0 Å². The van der Waals surface area contributed by atoms with Gasteiger partial charge in [0.05, 0.1) is 0 Å². The van der Waals surface area contributed by atoms with Gasteiger partial charge in [0, 0.05) is 26.2 Å². The highest BCUT2D eigenvalue weighted by Gasteiger charge is 2.27. The van der Waals surface area contributed by atoms with Crippen LogP contribution >= 0.6 is 0 Å². The Morgan fingerprint density at radius 2 is 1.64 bits per heavy atom. The number of rotatable bonds is 3. The van der Waals surface area contributed by atoms with Crippen molar-refractivity contribution < 1.29 is 19.1 Å². The maximum absolute atomic E-state index is 12.3. The Labute approximate surface area is 149 Å². The van der Waals surface area contributed by atoms with Crippen LogP contribution in [0.5, 0.6) is 5.75 Å². The summed E-state index contributed by atoms with van der Waals surface area (Å²) in [5.74, 6) is 0.672. The molecule has 0 N–H and O–H groups in total. The van der Waals surface area contributed by atoms with E-state index in [9.17, 15) is 9.59 Å². The van der Waals surface area contributed by atoms with Crippen LogP contribution in [0.25, 0.3) is 0 Å². The number of carbonyl (C=O) groups excluding carboxylic acids is 2. The fourth-order valence-corrected chi connectivity index (χ4v) is 2.58. The second kappa shape index (κ2) is 7.76. The molecule has 0 aliphatic carbocycles. The molecule has 0 saturated carbocycles. The van der Waals surface area contributed by atoms with E-state index in [0.29, 0.717) is 26.2 Å². The third-order valence-corrected chi connectivity index (χ3v) is 4.19. The smallest absolute Gasteiger partial charge is 0.410 e. The van der Waals surface area contributed by atoms with Crippen molar-refractivity contribution in [3.8, 4) is 5.75 Å². The number of carbonyl (C=O) groups is 2. The largest absolute Gasteiger partial charge is 0.483 e. The molecule has 2 amide bonds. The van der Waals surface area contributed by atoms with Gasteiger partial charge in [0.15, 0.2) is 6.61 Å². The zero-order valence-electron chi connectivity index (χ0n) is 15.8. The molecule has 1 aliphatic rings. The summed E-state index contributed by atoms with van der Waals surface area (Å²) in [7, 11) is 0. The predicted octanol–water partition coefficient (Wildman–Crippen LogP) is 2.76. The highest BCUT2D eigenvalue weighted by atomic mass is 16.6. The second-order valence-corrected chi connectivity index (χ2v) is 7.33. The van der Waals surface area contributed by atoms with Crippen LogP contribution in [0.3, 0.4) is 0 Å². The topological polar surface area (TPSA) is 59.1 Å². The lowest BCUT2D eigenvalue weighted by Crippen LogP contribution is -2.52. The molecular weight excluding hydrogens is 320 g/mol. The molecule has 1 fully saturated rings. The van der Waals surface area contributed by atoms with E-state index >= 15 is 0 Å². The fourth-order valence-electron chi connectivity index (χ4n) is 2.58. The fraction of sp³-hybridized carbons (Fsp3) is 0.579. The van der Waals surface area contributed by atoms with Gasteiger partial charge in [-0.05, 0) is 51.8 Å². The first-order chi connectivity index (χ1) is 11.7. The van der Waals surface area contributed by atoms with Crippen molar-refractivity contribution >= 4 is 12.0 Å². The monoisotopic (exact) mass is 348 g/mol. The number of ether oxygens (including phenoxy) is 2. The van der Waals surface area contributed by atoms with E-state index in [1.165, 1.54) is 0 Å². The number of nitrogens with zero attached hydrogens (tertiary/aromatic N) is 2. The molecule has 0 radical (unpaired) electrons. The number of amides is 2.